The Kier molecular flexibility index (Phi) is 4.01. The van der Waals surface area contributed by atoms with Crippen LogP contribution in [0.1, 0.15) is 54.1 Å². The molecule has 0 amide bonds. The fraction of sp³-hybridized carbons (Fsp3) is 0.400. The van der Waals surface area contributed by atoms with E-state index in [4.69, 9.17) is 0 Å². The van der Waals surface area contributed by atoms with Gasteiger partial charge in [0.1, 0.15) is 0 Å². The van der Waals surface area contributed by atoms with Gasteiger partial charge in [-0.15, -0.1) is 0 Å². The highest BCUT2D eigenvalue weighted by atomic mass is 14.9. The van der Waals surface area contributed by atoms with E-state index in [1.807, 2.05) is 0 Å². The van der Waals surface area contributed by atoms with Crippen molar-refractivity contribution in [3.63, 3.8) is 0 Å². The van der Waals surface area contributed by atoms with E-state index in [0.29, 0.717) is 6.04 Å². The molecule has 0 fully saturated rings. The molecule has 0 bridgehead atoms. The first-order chi connectivity index (χ1) is 10.2. The van der Waals surface area contributed by atoms with E-state index >= 15 is 0 Å². The number of fused-ring (bicyclic) bond motifs is 1. The molecule has 1 aliphatic rings. The number of benzene rings is 2. The lowest BCUT2D eigenvalue weighted by Gasteiger charge is -2.21. The van der Waals surface area contributed by atoms with Crippen molar-refractivity contribution < 1.29 is 0 Å². The van der Waals surface area contributed by atoms with Gasteiger partial charge in [0.2, 0.25) is 0 Å². The lowest BCUT2D eigenvalue weighted by molar-refractivity contribution is 0.872. The molecule has 0 aromatic heterocycles. The fourth-order valence-corrected chi connectivity index (χ4v) is 3.39. The molecule has 1 nitrogen and oxygen atoms in total. The zero-order valence-corrected chi connectivity index (χ0v) is 13.4. The SMILES string of the molecule is CCc1cccc(C)c1NC(C)c1ccc2c(c1)CCC2. The Bertz CT molecular complexity index is 642. The summed E-state index contributed by atoms with van der Waals surface area (Å²) < 4.78 is 0. The molecule has 1 heteroatoms. The van der Waals surface area contributed by atoms with Crippen molar-refractivity contribution >= 4 is 5.69 Å². The number of hydrogen-bond donors (Lipinski definition) is 1. The summed E-state index contributed by atoms with van der Waals surface area (Å²) in [5.41, 5.74) is 8.57. The van der Waals surface area contributed by atoms with Gasteiger partial charge >= 0.3 is 0 Å². The first kappa shape index (κ1) is 14.2. The molecule has 0 saturated carbocycles. The number of rotatable bonds is 4. The van der Waals surface area contributed by atoms with Crippen molar-refractivity contribution in [2.45, 2.75) is 52.5 Å². The summed E-state index contributed by atoms with van der Waals surface area (Å²) in [6, 6.07) is 14.0. The number of hydrogen-bond acceptors (Lipinski definition) is 1. The molecule has 110 valence electrons. The molecule has 21 heavy (non-hydrogen) atoms. The van der Waals surface area contributed by atoms with E-state index in [2.05, 4.69) is 62.5 Å². The Labute approximate surface area is 128 Å². The van der Waals surface area contributed by atoms with Crippen molar-refractivity contribution in [3.8, 4) is 0 Å². The maximum Gasteiger partial charge on any atom is 0.0485 e. The van der Waals surface area contributed by atoms with Crippen LogP contribution in [0.15, 0.2) is 36.4 Å². The first-order valence-electron chi connectivity index (χ1n) is 8.15. The minimum atomic E-state index is 0.349. The number of para-hydroxylation sites is 1. The van der Waals surface area contributed by atoms with Crippen LogP contribution in [0.5, 0.6) is 0 Å². The first-order valence-corrected chi connectivity index (χ1v) is 8.15. The summed E-state index contributed by atoms with van der Waals surface area (Å²) in [5, 5.41) is 3.74. The van der Waals surface area contributed by atoms with Gasteiger partial charge in [0.15, 0.2) is 0 Å². The van der Waals surface area contributed by atoms with Crippen LogP contribution in [0, 0.1) is 6.92 Å². The van der Waals surface area contributed by atoms with Crippen LogP contribution >= 0.6 is 0 Å². The number of aryl methyl sites for hydroxylation is 4. The van der Waals surface area contributed by atoms with Crippen molar-refractivity contribution in [1.29, 1.82) is 0 Å². The molecule has 0 aliphatic heterocycles. The normalized spacial score (nSPS) is 14.8. The third-order valence-electron chi connectivity index (χ3n) is 4.72. The van der Waals surface area contributed by atoms with E-state index in [-0.39, 0.29) is 0 Å². The smallest absolute Gasteiger partial charge is 0.0485 e. The minimum Gasteiger partial charge on any atom is -0.378 e. The fourth-order valence-electron chi connectivity index (χ4n) is 3.39. The molecule has 1 N–H and O–H groups in total. The van der Waals surface area contributed by atoms with Gasteiger partial charge < -0.3 is 5.32 Å². The Hall–Kier alpha value is -1.76. The average molecular weight is 279 g/mol. The van der Waals surface area contributed by atoms with Gasteiger partial charge in [0, 0.05) is 11.7 Å². The van der Waals surface area contributed by atoms with Crippen LogP contribution in [-0.2, 0) is 19.3 Å². The van der Waals surface area contributed by atoms with Crippen LogP contribution in [0.4, 0.5) is 5.69 Å². The quantitative estimate of drug-likeness (QED) is 0.809. The van der Waals surface area contributed by atoms with E-state index in [9.17, 15) is 0 Å². The van der Waals surface area contributed by atoms with Crippen LogP contribution in [0.3, 0.4) is 0 Å². The zero-order valence-electron chi connectivity index (χ0n) is 13.4. The van der Waals surface area contributed by atoms with Gasteiger partial charge in [0.05, 0.1) is 0 Å². The summed E-state index contributed by atoms with van der Waals surface area (Å²) in [6.45, 7) is 6.68. The highest BCUT2D eigenvalue weighted by molar-refractivity contribution is 5.58. The predicted molar refractivity (Wildman–Crippen MR) is 91.1 cm³/mol. The second-order valence-electron chi connectivity index (χ2n) is 6.21. The van der Waals surface area contributed by atoms with Crippen molar-refractivity contribution in [3.05, 3.63) is 64.2 Å². The maximum absolute atomic E-state index is 3.74. The monoisotopic (exact) mass is 279 g/mol. The Morgan fingerprint density at radius 3 is 2.71 bits per heavy atom. The molecule has 1 unspecified atom stereocenters. The summed E-state index contributed by atoms with van der Waals surface area (Å²) >= 11 is 0. The van der Waals surface area contributed by atoms with Crippen LogP contribution < -0.4 is 5.32 Å². The molecule has 2 aromatic rings. The van der Waals surface area contributed by atoms with Crippen molar-refractivity contribution in [2.24, 2.45) is 0 Å². The number of nitrogens with one attached hydrogen (secondary N) is 1. The molecular formula is C20H25N. The van der Waals surface area contributed by atoms with Crippen LogP contribution in [0.25, 0.3) is 0 Å². The molecule has 0 heterocycles. The van der Waals surface area contributed by atoms with Crippen LogP contribution in [0.2, 0.25) is 0 Å². The zero-order chi connectivity index (χ0) is 14.8. The molecule has 0 saturated heterocycles. The second kappa shape index (κ2) is 5.93. The topological polar surface area (TPSA) is 12.0 Å². The van der Waals surface area contributed by atoms with E-state index in [0.717, 1.165) is 6.42 Å². The molecule has 0 radical (unpaired) electrons. The summed E-state index contributed by atoms with van der Waals surface area (Å²) in [5.74, 6) is 0. The third-order valence-corrected chi connectivity index (χ3v) is 4.72. The van der Waals surface area contributed by atoms with Gasteiger partial charge in [0.25, 0.3) is 0 Å². The second-order valence-corrected chi connectivity index (χ2v) is 6.21. The Morgan fingerprint density at radius 2 is 1.90 bits per heavy atom. The van der Waals surface area contributed by atoms with Gasteiger partial charge in [-0.25, -0.2) is 0 Å². The molecule has 0 spiro atoms. The van der Waals surface area contributed by atoms with Crippen molar-refractivity contribution in [2.75, 3.05) is 5.32 Å². The van der Waals surface area contributed by atoms with Gasteiger partial charge in [-0.1, -0.05) is 43.3 Å². The molecule has 1 aliphatic carbocycles. The molecule has 3 rings (SSSR count). The van der Waals surface area contributed by atoms with Gasteiger partial charge in [-0.05, 0) is 67.3 Å². The standard InChI is InChI=1S/C20H25N/c1-4-16-8-5-7-14(2)20(16)21-15(3)18-12-11-17-9-6-10-19(17)13-18/h5,7-8,11-13,15,21H,4,6,9-10H2,1-3H3. The molecule has 2 aromatic carbocycles. The van der Waals surface area contributed by atoms with Gasteiger partial charge in [-0.3, -0.25) is 0 Å². The highest BCUT2D eigenvalue weighted by Crippen LogP contribution is 2.29. The minimum absolute atomic E-state index is 0.349. The molecular weight excluding hydrogens is 254 g/mol. The maximum atomic E-state index is 3.74. The summed E-state index contributed by atoms with van der Waals surface area (Å²) in [6.07, 6.45) is 4.90. The number of anilines is 1. The third kappa shape index (κ3) is 2.83. The largest absolute Gasteiger partial charge is 0.378 e. The van der Waals surface area contributed by atoms with E-state index in [1.165, 1.54) is 41.6 Å². The highest BCUT2D eigenvalue weighted by Gasteiger charge is 2.14. The Balaban J connectivity index is 1.85. The summed E-state index contributed by atoms with van der Waals surface area (Å²) in [4.78, 5) is 0. The predicted octanol–water partition coefficient (Wildman–Crippen LogP) is 5.22. The van der Waals surface area contributed by atoms with Crippen LogP contribution in [-0.4, -0.2) is 0 Å². The molecule has 1 atom stereocenters. The lowest BCUT2D eigenvalue weighted by Crippen LogP contribution is -2.10. The average Bonchev–Trinajstić information content (AvgIpc) is 2.96. The lowest BCUT2D eigenvalue weighted by atomic mass is 10.00. The van der Waals surface area contributed by atoms with E-state index < -0.39 is 0 Å². The van der Waals surface area contributed by atoms with Crippen molar-refractivity contribution in [1.82, 2.24) is 0 Å². The Morgan fingerprint density at radius 1 is 1.10 bits per heavy atom. The van der Waals surface area contributed by atoms with E-state index in [1.54, 1.807) is 11.1 Å². The summed E-state index contributed by atoms with van der Waals surface area (Å²) in [7, 11) is 0. The van der Waals surface area contributed by atoms with Gasteiger partial charge in [-0.2, -0.15) is 0 Å².